The predicted octanol–water partition coefficient (Wildman–Crippen LogP) is 3.65. The van der Waals surface area contributed by atoms with Crippen molar-refractivity contribution in [1.29, 1.82) is 0 Å². The van der Waals surface area contributed by atoms with Gasteiger partial charge in [0, 0.05) is 36.5 Å². The largest absolute Gasteiger partial charge is 0.478 e. The highest BCUT2D eigenvalue weighted by Gasteiger charge is 2.37. The van der Waals surface area contributed by atoms with Crippen molar-refractivity contribution in [3.63, 3.8) is 0 Å². The number of fused-ring (bicyclic) bond motifs is 1. The zero-order chi connectivity index (χ0) is 27.1. The highest BCUT2D eigenvalue weighted by molar-refractivity contribution is 5.98. The van der Waals surface area contributed by atoms with Gasteiger partial charge in [-0.05, 0) is 19.1 Å². The van der Waals surface area contributed by atoms with E-state index in [1.807, 2.05) is 0 Å². The number of benzene rings is 2. The molecule has 0 aliphatic carbocycles. The molecule has 5 rings (SSSR count). The van der Waals surface area contributed by atoms with E-state index >= 15 is 0 Å². The van der Waals surface area contributed by atoms with Gasteiger partial charge in [0.1, 0.15) is 0 Å². The zero-order valence-electron chi connectivity index (χ0n) is 20.1. The van der Waals surface area contributed by atoms with Crippen molar-refractivity contribution in [2.45, 2.75) is 38.5 Å². The van der Waals surface area contributed by atoms with Crippen molar-refractivity contribution in [1.82, 2.24) is 14.7 Å². The number of carboxylic acids is 1. The summed E-state index contributed by atoms with van der Waals surface area (Å²) in [7, 11) is 0. The number of carbonyl (C=O) groups excluding carboxylic acids is 2. The third kappa shape index (κ3) is 4.62. The van der Waals surface area contributed by atoms with Crippen molar-refractivity contribution in [2.24, 2.45) is 0 Å². The van der Waals surface area contributed by atoms with Crippen LogP contribution in [0.5, 0.6) is 0 Å². The lowest BCUT2D eigenvalue weighted by Crippen LogP contribution is -2.47. The molecule has 0 radical (unpaired) electrons. The molecule has 10 nitrogen and oxygen atoms in total. The van der Waals surface area contributed by atoms with Gasteiger partial charge in [-0.3, -0.25) is 9.48 Å². The van der Waals surface area contributed by atoms with E-state index in [2.05, 4.69) is 15.7 Å². The minimum absolute atomic E-state index is 0.0538. The number of nitrogens with zero attached hydrogens (tertiary/aromatic N) is 4. The highest BCUT2D eigenvalue weighted by atomic mass is 19.2. The number of para-hydroxylation sites is 1. The summed E-state index contributed by atoms with van der Waals surface area (Å²) in [6.45, 7) is 2.39. The van der Waals surface area contributed by atoms with Gasteiger partial charge in [-0.2, -0.15) is 5.10 Å². The van der Waals surface area contributed by atoms with Crippen LogP contribution in [0.15, 0.2) is 42.6 Å². The van der Waals surface area contributed by atoms with Crippen LogP contribution in [0.3, 0.4) is 0 Å². The molecule has 1 fully saturated rings. The van der Waals surface area contributed by atoms with E-state index in [1.165, 1.54) is 15.9 Å². The van der Waals surface area contributed by atoms with Gasteiger partial charge in [0.05, 0.1) is 48.3 Å². The van der Waals surface area contributed by atoms with E-state index < -0.39 is 29.5 Å². The van der Waals surface area contributed by atoms with Crippen LogP contribution in [0, 0.1) is 17.5 Å². The number of carboxylic acid groups (broad SMARTS) is 1. The first-order valence-corrected chi connectivity index (χ1v) is 11.8. The van der Waals surface area contributed by atoms with Gasteiger partial charge < -0.3 is 25.5 Å². The van der Waals surface area contributed by atoms with Crippen LogP contribution in [0.25, 0.3) is 0 Å². The Hall–Kier alpha value is -4.55. The molecule has 0 saturated carbocycles. The lowest BCUT2D eigenvalue weighted by atomic mass is 10.1. The number of aromatic carboxylic acids is 1. The standard InChI is InChI=1S/C25H23F3N6O4/c1-13-10-34-21(12-32(13)25(38)31-14-6-17(26)23(28)18(27)7-14)20(9-29-34)33-11-15(8-22(33)35)30-19-5-3-2-4-16(19)24(36)37/h2-7,9,13,15,30H,8,10-12H2,1H3,(H,31,38)(H,36,37)/t13-,15?/m0/s1. The fourth-order valence-electron chi connectivity index (χ4n) is 4.76. The average Bonchev–Trinajstić information content (AvgIpc) is 3.43. The van der Waals surface area contributed by atoms with Crippen LogP contribution in [0.1, 0.15) is 29.4 Å². The number of anilines is 3. The van der Waals surface area contributed by atoms with E-state index in [0.717, 1.165) is 0 Å². The Morgan fingerprint density at radius 1 is 1.11 bits per heavy atom. The van der Waals surface area contributed by atoms with E-state index in [1.54, 1.807) is 36.0 Å². The first-order chi connectivity index (χ1) is 18.1. The maximum Gasteiger partial charge on any atom is 0.337 e. The molecule has 198 valence electrons. The Morgan fingerprint density at radius 2 is 1.82 bits per heavy atom. The molecule has 2 aliphatic rings. The molecule has 2 aliphatic heterocycles. The quantitative estimate of drug-likeness (QED) is 0.435. The molecule has 1 aromatic heterocycles. The summed E-state index contributed by atoms with van der Waals surface area (Å²) in [5.74, 6) is -5.75. The van der Waals surface area contributed by atoms with Crippen LogP contribution in [-0.4, -0.2) is 56.3 Å². The molecule has 3 heterocycles. The summed E-state index contributed by atoms with van der Waals surface area (Å²) in [5.41, 5.74) is 1.37. The van der Waals surface area contributed by atoms with Gasteiger partial charge in [-0.25, -0.2) is 22.8 Å². The Balaban J connectivity index is 1.32. The number of halogens is 3. The number of amides is 3. The highest BCUT2D eigenvalue weighted by Crippen LogP contribution is 2.31. The molecule has 1 saturated heterocycles. The van der Waals surface area contributed by atoms with Crippen molar-refractivity contribution >= 4 is 35.0 Å². The molecule has 3 amide bonds. The first kappa shape index (κ1) is 25.1. The Bertz CT molecular complexity index is 1420. The minimum Gasteiger partial charge on any atom is -0.478 e. The van der Waals surface area contributed by atoms with Crippen LogP contribution < -0.4 is 15.5 Å². The van der Waals surface area contributed by atoms with Gasteiger partial charge in [-0.1, -0.05) is 12.1 Å². The van der Waals surface area contributed by atoms with Gasteiger partial charge >= 0.3 is 12.0 Å². The molecule has 0 spiro atoms. The van der Waals surface area contributed by atoms with Crippen molar-refractivity contribution < 1.29 is 32.7 Å². The fourth-order valence-corrected chi connectivity index (χ4v) is 4.76. The summed E-state index contributed by atoms with van der Waals surface area (Å²) >= 11 is 0. The summed E-state index contributed by atoms with van der Waals surface area (Å²) < 4.78 is 42.2. The third-order valence-electron chi connectivity index (χ3n) is 6.64. The number of rotatable bonds is 5. The third-order valence-corrected chi connectivity index (χ3v) is 6.64. The summed E-state index contributed by atoms with van der Waals surface area (Å²) in [5, 5.41) is 19.3. The number of urea groups is 1. The van der Waals surface area contributed by atoms with Crippen LogP contribution >= 0.6 is 0 Å². The van der Waals surface area contributed by atoms with Gasteiger partial charge in [0.15, 0.2) is 17.5 Å². The van der Waals surface area contributed by atoms with Crippen molar-refractivity contribution in [3.8, 4) is 0 Å². The van der Waals surface area contributed by atoms with E-state index in [0.29, 0.717) is 35.7 Å². The molecule has 1 unspecified atom stereocenters. The smallest absolute Gasteiger partial charge is 0.337 e. The van der Waals surface area contributed by atoms with Gasteiger partial charge in [0.25, 0.3) is 0 Å². The topological polar surface area (TPSA) is 120 Å². The van der Waals surface area contributed by atoms with E-state index in [4.69, 9.17) is 0 Å². The molecule has 38 heavy (non-hydrogen) atoms. The molecular formula is C25H23F3N6O4. The van der Waals surface area contributed by atoms with Crippen LogP contribution in [0.4, 0.5) is 35.0 Å². The molecular weight excluding hydrogens is 505 g/mol. The Kier molecular flexibility index (Phi) is 6.43. The number of carbonyl (C=O) groups is 3. The van der Waals surface area contributed by atoms with Crippen molar-refractivity contribution in [2.75, 3.05) is 22.1 Å². The first-order valence-electron chi connectivity index (χ1n) is 11.8. The molecule has 2 aromatic carbocycles. The Morgan fingerprint density at radius 3 is 2.53 bits per heavy atom. The lowest BCUT2D eigenvalue weighted by Gasteiger charge is -2.35. The fraction of sp³-hybridized carbons (Fsp3) is 0.280. The normalized spacial score (nSPS) is 18.9. The second kappa shape index (κ2) is 9.72. The number of hydrogen-bond acceptors (Lipinski definition) is 5. The zero-order valence-corrected chi connectivity index (χ0v) is 20.1. The monoisotopic (exact) mass is 528 g/mol. The predicted molar refractivity (Wildman–Crippen MR) is 130 cm³/mol. The number of aromatic nitrogens is 2. The van der Waals surface area contributed by atoms with Gasteiger partial charge in [-0.15, -0.1) is 0 Å². The Labute approximate surface area is 214 Å². The summed E-state index contributed by atoms with van der Waals surface area (Å²) in [6, 6.07) is 6.46. The average molecular weight is 528 g/mol. The van der Waals surface area contributed by atoms with Gasteiger partial charge in [0.2, 0.25) is 5.91 Å². The maximum atomic E-state index is 13.6. The maximum absolute atomic E-state index is 13.6. The number of nitrogens with one attached hydrogen (secondary N) is 2. The summed E-state index contributed by atoms with van der Waals surface area (Å²) in [4.78, 5) is 40.4. The number of hydrogen-bond donors (Lipinski definition) is 3. The van der Waals surface area contributed by atoms with E-state index in [9.17, 15) is 32.7 Å². The second-order valence-corrected chi connectivity index (χ2v) is 9.22. The SMILES string of the molecule is C[C@H]1Cn2ncc(N3CC(Nc4ccccc4C(=O)O)CC3=O)c2CN1C(=O)Nc1cc(F)c(F)c(F)c1. The second-order valence-electron chi connectivity index (χ2n) is 9.22. The molecule has 3 aromatic rings. The molecule has 13 heteroatoms. The molecule has 2 atom stereocenters. The minimum atomic E-state index is -1.63. The lowest BCUT2D eigenvalue weighted by molar-refractivity contribution is -0.117. The van der Waals surface area contributed by atoms with E-state index in [-0.39, 0.29) is 48.8 Å². The van der Waals surface area contributed by atoms with Crippen LogP contribution in [-0.2, 0) is 17.9 Å². The molecule has 0 bridgehead atoms. The van der Waals surface area contributed by atoms with Crippen LogP contribution in [0.2, 0.25) is 0 Å². The summed E-state index contributed by atoms with van der Waals surface area (Å²) in [6.07, 6.45) is 1.67. The van der Waals surface area contributed by atoms with Crippen molar-refractivity contribution in [3.05, 3.63) is 71.3 Å². The molecule has 3 N–H and O–H groups in total.